The van der Waals surface area contributed by atoms with Crippen LogP contribution in [0.5, 0.6) is 0 Å². The molecule has 0 radical (unpaired) electrons. The molecule has 1 saturated heterocycles. The van der Waals surface area contributed by atoms with E-state index >= 15 is 0 Å². The summed E-state index contributed by atoms with van der Waals surface area (Å²) in [6.07, 6.45) is 3.84. The van der Waals surface area contributed by atoms with Crippen LogP contribution in [0.4, 0.5) is 0 Å². The molecule has 0 amide bonds. The third-order valence-corrected chi connectivity index (χ3v) is 6.26. The highest BCUT2D eigenvalue weighted by Gasteiger charge is 2.35. The highest BCUT2D eigenvalue weighted by atomic mass is 32.2. The van der Waals surface area contributed by atoms with Crippen molar-refractivity contribution in [2.24, 2.45) is 5.73 Å². The number of nitrogens with zero attached hydrogens (tertiary/aromatic N) is 2. The summed E-state index contributed by atoms with van der Waals surface area (Å²) >= 11 is 0. The van der Waals surface area contributed by atoms with E-state index in [1.807, 2.05) is 0 Å². The number of nitrogens with two attached hydrogens (primary N) is 1. The largest absolute Gasteiger partial charge is 0.329 e. The number of hydrogen-bond donors (Lipinski definition) is 1. The first-order chi connectivity index (χ1) is 8.14. The van der Waals surface area contributed by atoms with E-state index < -0.39 is 10.0 Å². The first-order valence-electron chi connectivity index (χ1n) is 6.56. The van der Waals surface area contributed by atoms with Crippen molar-refractivity contribution in [3.05, 3.63) is 0 Å². The fourth-order valence-electron chi connectivity index (χ4n) is 2.79. The van der Waals surface area contributed by atoms with E-state index in [1.165, 1.54) is 0 Å². The fourth-order valence-corrected chi connectivity index (χ4v) is 4.81. The summed E-state index contributed by atoms with van der Waals surface area (Å²) in [5.41, 5.74) is 5.51. The summed E-state index contributed by atoms with van der Waals surface area (Å²) < 4.78 is 26.4. The van der Waals surface area contributed by atoms with E-state index in [2.05, 4.69) is 4.90 Å². The third-order valence-electron chi connectivity index (χ3n) is 3.86. The molecule has 1 heterocycles. The minimum absolute atomic E-state index is 0.108. The van der Waals surface area contributed by atoms with Gasteiger partial charge in [0.05, 0.1) is 5.25 Å². The molecule has 2 N–H and O–H groups in total. The highest BCUT2D eigenvalue weighted by Crippen LogP contribution is 2.27. The molecule has 2 fully saturated rings. The summed E-state index contributed by atoms with van der Waals surface area (Å²) in [7, 11) is -3.02. The average Bonchev–Trinajstić information content (AvgIpc) is 2.84. The van der Waals surface area contributed by atoms with Crippen LogP contribution in [0.3, 0.4) is 0 Å². The zero-order chi connectivity index (χ0) is 12.3. The third kappa shape index (κ3) is 2.99. The lowest BCUT2D eigenvalue weighted by atomic mass is 10.3. The predicted octanol–water partition coefficient (Wildman–Crippen LogP) is -0.165. The maximum Gasteiger partial charge on any atom is 0.217 e. The van der Waals surface area contributed by atoms with E-state index in [4.69, 9.17) is 5.73 Å². The van der Waals surface area contributed by atoms with Gasteiger partial charge in [-0.15, -0.1) is 0 Å². The van der Waals surface area contributed by atoms with Gasteiger partial charge in [-0.3, -0.25) is 4.90 Å². The molecule has 1 aliphatic carbocycles. The zero-order valence-electron chi connectivity index (χ0n) is 10.3. The van der Waals surface area contributed by atoms with E-state index in [0.29, 0.717) is 19.6 Å². The second-order valence-corrected chi connectivity index (χ2v) is 7.19. The maximum absolute atomic E-state index is 12.3. The van der Waals surface area contributed by atoms with Gasteiger partial charge < -0.3 is 5.73 Å². The molecule has 0 aromatic rings. The molecule has 100 valence electrons. The van der Waals surface area contributed by atoms with Crippen LogP contribution in [0.1, 0.15) is 25.7 Å². The van der Waals surface area contributed by atoms with Gasteiger partial charge >= 0.3 is 0 Å². The summed E-state index contributed by atoms with van der Waals surface area (Å²) in [5, 5.41) is -0.108. The predicted molar refractivity (Wildman–Crippen MR) is 68.2 cm³/mol. The van der Waals surface area contributed by atoms with Crippen molar-refractivity contribution >= 4 is 10.0 Å². The highest BCUT2D eigenvalue weighted by molar-refractivity contribution is 7.89. The van der Waals surface area contributed by atoms with Gasteiger partial charge in [0, 0.05) is 39.3 Å². The molecule has 1 aliphatic heterocycles. The van der Waals surface area contributed by atoms with Crippen molar-refractivity contribution in [2.75, 3.05) is 39.3 Å². The molecule has 2 aliphatic rings. The Kier molecular flexibility index (Phi) is 4.41. The lowest BCUT2D eigenvalue weighted by Crippen LogP contribution is -2.51. The van der Waals surface area contributed by atoms with Crippen molar-refractivity contribution in [2.45, 2.75) is 30.9 Å². The average molecular weight is 261 g/mol. The number of piperazine rings is 1. The van der Waals surface area contributed by atoms with Crippen LogP contribution in [0, 0.1) is 0 Å². The number of hydrogen-bond acceptors (Lipinski definition) is 4. The topological polar surface area (TPSA) is 66.6 Å². The molecule has 1 saturated carbocycles. The van der Waals surface area contributed by atoms with Gasteiger partial charge in [-0.2, -0.15) is 4.31 Å². The van der Waals surface area contributed by atoms with Crippen LogP contribution in [0.15, 0.2) is 0 Å². The minimum Gasteiger partial charge on any atom is -0.329 e. The SMILES string of the molecule is NCCN1CCN(S(=O)(=O)C2CCCC2)CC1. The maximum atomic E-state index is 12.3. The van der Waals surface area contributed by atoms with Crippen LogP contribution in [0.25, 0.3) is 0 Å². The standard InChI is InChI=1S/C11H23N3O2S/c12-5-6-13-7-9-14(10-8-13)17(15,16)11-3-1-2-4-11/h11H,1-10,12H2. The van der Waals surface area contributed by atoms with Gasteiger partial charge in [-0.25, -0.2) is 8.42 Å². The van der Waals surface area contributed by atoms with Gasteiger partial charge in [0.15, 0.2) is 0 Å². The summed E-state index contributed by atoms with van der Waals surface area (Å²) in [6, 6.07) is 0. The molecular formula is C11H23N3O2S. The van der Waals surface area contributed by atoms with Gasteiger partial charge in [-0.05, 0) is 12.8 Å². The van der Waals surface area contributed by atoms with Crippen LogP contribution >= 0.6 is 0 Å². The molecule has 2 rings (SSSR count). The Labute approximate surface area is 104 Å². The Hall–Kier alpha value is -0.170. The van der Waals surface area contributed by atoms with E-state index in [1.54, 1.807) is 4.31 Å². The Morgan fingerprint density at radius 1 is 1.06 bits per heavy atom. The molecule has 0 atom stereocenters. The van der Waals surface area contributed by atoms with Gasteiger partial charge in [0.2, 0.25) is 10.0 Å². The van der Waals surface area contributed by atoms with Crippen LogP contribution in [-0.4, -0.2) is 62.1 Å². The quantitative estimate of drug-likeness (QED) is 0.763. The zero-order valence-corrected chi connectivity index (χ0v) is 11.2. The molecule has 17 heavy (non-hydrogen) atoms. The first kappa shape index (κ1) is 13.3. The Morgan fingerprint density at radius 2 is 1.65 bits per heavy atom. The second-order valence-electron chi connectivity index (χ2n) is 4.98. The van der Waals surface area contributed by atoms with Crippen molar-refractivity contribution in [3.63, 3.8) is 0 Å². The Bertz CT molecular complexity index is 331. The second kappa shape index (κ2) is 5.65. The molecular weight excluding hydrogens is 238 g/mol. The molecule has 0 spiro atoms. The van der Waals surface area contributed by atoms with E-state index in [9.17, 15) is 8.42 Å². The van der Waals surface area contributed by atoms with Gasteiger partial charge in [0.1, 0.15) is 0 Å². The Morgan fingerprint density at radius 3 is 2.18 bits per heavy atom. The van der Waals surface area contributed by atoms with Gasteiger partial charge in [-0.1, -0.05) is 12.8 Å². The van der Waals surface area contributed by atoms with Crippen molar-refractivity contribution in [1.82, 2.24) is 9.21 Å². The van der Waals surface area contributed by atoms with Crippen LogP contribution in [0.2, 0.25) is 0 Å². The first-order valence-corrected chi connectivity index (χ1v) is 8.06. The van der Waals surface area contributed by atoms with Crippen molar-refractivity contribution in [3.8, 4) is 0 Å². The van der Waals surface area contributed by atoms with Gasteiger partial charge in [0.25, 0.3) is 0 Å². The van der Waals surface area contributed by atoms with Crippen molar-refractivity contribution < 1.29 is 8.42 Å². The Balaban J connectivity index is 1.91. The number of rotatable bonds is 4. The molecule has 5 nitrogen and oxygen atoms in total. The van der Waals surface area contributed by atoms with Crippen molar-refractivity contribution in [1.29, 1.82) is 0 Å². The van der Waals surface area contributed by atoms with E-state index in [-0.39, 0.29) is 5.25 Å². The lowest BCUT2D eigenvalue weighted by molar-refractivity contribution is 0.191. The summed E-state index contributed by atoms with van der Waals surface area (Å²) in [5.74, 6) is 0. The smallest absolute Gasteiger partial charge is 0.217 e. The monoisotopic (exact) mass is 261 g/mol. The van der Waals surface area contributed by atoms with E-state index in [0.717, 1.165) is 45.3 Å². The molecule has 0 aromatic heterocycles. The minimum atomic E-state index is -3.02. The van der Waals surface area contributed by atoms with Crippen LogP contribution < -0.4 is 5.73 Å². The summed E-state index contributed by atoms with van der Waals surface area (Å²) in [4.78, 5) is 2.24. The summed E-state index contributed by atoms with van der Waals surface area (Å²) in [6.45, 7) is 4.44. The number of sulfonamides is 1. The van der Waals surface area contributed by atoms with Crippen LogP contribution in [-0.2, 0) is 10.0 Å². The normalized spacial score (nSPS) is 25.5. The molecule has 0 aromatic carbocycles. The molecule has 0 unspecified atom stereocenters. The molecule has 0 bridgehead atoms. The lowest BCUT2D eigenvalue weighted by Gasteiger charge is -2.35. The molecule has 6 heteroatoms. The fraction of sp³-hybridized carbons (Fsp3) is 1.00.